The summed E-state index contributed by atoms with van der Waals surface area (Å²) in [6.45, 7) is 7.03. The van der Waals surface area contributed by atoms with Gasteiger partial charge in [-0.3, -0.25) is 14.3 Å². The van der Waals surface area contributed by atoms with Crippen molar-refractivity contribution in [1.82, 2.24) is 20.3 Å². The van der Waals surface area contributed by atoms with Crippen LogP contribution in [0.5, 0.6) is 0 Å². The number of nitrogens with zero attached hydrogens (tertiary/aromatic N) is 4. The van der Waals surface area contributed by atoms with Gasteiger partial charge < -0.3 is 29.5 Å². The first-order valence-corrected chi connectivity index (χ1v) is 17.5. The maximum Gasteiger partial charge on any atom is 0.261 e. The predicted octanol–water partition coefficient (Wildman–Crippen LogP) is 3.16. The van der Waals surface area contributed by atoms with Gasteiger partial charge in [0.2, 0.25) is 14.3 Å². The topological polar surface area (TPSA) is 122 Å². The van der Waals surface area contributed by atoms with E-state index in [4.69, 9.17) is 4.74 Å². The van der Waals surface area contributed by atoms with Crippen molar-refractivity contribution in [3.63, 3.8) is 0 Å². The largest absolute Gasteiger partial charge is 0.395 e. The van der Waals surface area contributed by atoms with Crippen molar-refractivity contribution in [2.75, 3.05) is 36.5 Å². The van der Waals surface area contributed by atoms with Crippen LogP contribution in [0, 0.1) is 5.92 Å². The third-order valence-corrected chi connectivity index (χ3v) is 11.5. The molecule has 222 valence electrons. The molecule has 1 unspecified atom stereocenters. The molecule has 2 amide bonds. The zero-order chi connectivity index (χ0) is 29.6. The number of hydrogen-bond donors (Lipinski definition) is 3. The number of hydrogen-bond acceptors (Lipinski definition) is 7. The summed E-state index contributed by atoms with van der Waals surface area (Å²) < 4.78 is 24.4. The van der Waals surface area contributed by atoms with Gasteiger partial charge in [0.25, 0.3) is 5.91 Å². The molecule has 6 rings (SSSR count). The van der Waals surface area contributed by atoms with Gasteiger partial charge in [0.05, 0.1) is 30.9 Å². The molecular formula is C30H37FN6O4Si. The van der Waals surface area contributed by atoms with Crippen molar-refractivity contribution in [2.45, 2.75) is 56.1 Å². The van der Waals surface area contributed by atoms with Crippen LogP contribution in [-0.4, -0.2) is 72.7 Å². The van der Waals surface area contributed by atoms with Crippen LogP contribution < -0.4 is 15.5 Å². The van der Waals surface area contributed by atoms with E-state index in [1.807, 2.05) is 61.7 Å². The Balaban J connectivity index is 1.27. The first-order chi connectivity index (χ1) is 20.1. The maximum absolute atomic E-state index is 16.0. The highest BCUT2D eigenvalue weighted by molar-refractivity contribution is 6.72. The van der Waals surface area contributed by atoms with E-state index >= 15 is 4.11 Å². The van der Waals surface area contributed by atoms with Crippen LogP contribution >= 0.6 is 0 Å². The van der Waals surface area contributed by atoms with E-state index in [-0.39, 0.29) is 30.9 Å². The zero-order valence-electron chi connectivity index (χ0n) is 24.1. The number of nitrogens with one attached hydrogen (secondary N) is 2. The smallest absolute Gasteiger partial charge is 0.261 e. The average Bonchev–Trinajstić information content (AvgIpc) is 3.63. The lowest BCUT2D eigenvalue weighted by Gasteiger charge is -2.31. The number of amides is 2. The quantitative estimate of drug-likeness (QED) is 0.271. The number of carbonyl (C=O) groups is 2. The first-order valence-electron chi connectivity index (χ1n) is 14.5. The normalized spacial score (nSPS) is 26.5. The van der Waals surface area contributed by atoms with E-state index in [0.29, 0.717) is 48.7 Å². The van der Waals surface area contributed by atoms with Gasteiger partial charge in [0.15, 0.2) is 5.60 Å². The van der Waals surface area contributed by atoms with Crippen molar-refractivity contribution in [1.29, 1.82) is 0 Å². The molecule has 2 saturated heterocycles. The highest BCUT2D eigenvalue weighted by Crippen LogP contribution is 2.59. The zero-order valence-corrected chi connectivity index (χ0v) is 25.1. The van der Waals surface area contributed by atoms with Crippen molar-refractivity contribution in [3.8, 4) is 0 Å². The number of ether oxygens (including phenoxy) is 1. The second-order valence-electron chi connectivity index (χ2n) is 12.0. The van der Waals surface area contributed by atoms with E-state index in [1.54, 1.807) is 22.7 Å². The number of aryl methyl sites for hydroxylation is 1. The van der Waals surface area contributed by atoms with Gasteiger partial charge in [-0.05, 0) is 43.3 Å². The Hall–Kier alpha value is -3.45. The van der Waals surface area contributed by atoms with Gasteiger partial charge in [-0.25, -0.2) is 0 Å². The minimum absolute atomic E-state index is 0.0381. The van der Waals surface area contributed by atoms with Crippen molar-refractivity contribution in [2.24, 2.45) is 5.92 Å². The van der Waals surface area contributed by atoms with Gasteiger partial charge in [-0.15, -0.1) is 5.10 Å². The van der Waals surface area contributed by atoms with Gasteiger partial charge in [-0.1, -0.05) is 42.5 Å². The molecule has 42 heavy (non-hydrogen) atoms. The molecule has 1 spiro atoms. The molecule has 3 N–H and O–H groups in total. The van der Waals surface area contributed by atoms with Crippen LogP contribution in [-0.2, 0) is 26.5 Å². The predicted molar refractivity (Wildman–Crippen MR) is 158 cm³/mol. The molecule has 1 aromatic heterocycles. The number of aromatic nitrogens is 3. The SMILES string of the molecule is C[C@@H]1[C@@H]([Si](C)(C)F)[C@H](CCn2cc(C(CO)c3ccccc3)nn2)O[C@@]12C(=O)Nc1ccc(N3CCNCC3=O)cc12. The van der Waals surface area contributed by atoms with E-state index < -0.39 is 31.6 Å². The summed E-state index contributed by atoms with van der Waals surface area (Å²) in [4.78, 5) is 28.0. The Bertz CT molecular complexity index is 1480. The molecule has 0 aliphatic carbocycles. The lowest BCUT2D eigenvalue weighted by Crippen LogP contribution is -2.48. The summed E-state index contributed by atoms with van der Waals surface area (Å²) >= 11 is 0. The Kier molecular flexibility index (Phi) is 7.50. The molecule has 3 aliphatic rings. The van der Waals surface area contributed by atoms with E-state index in [1.165, 1.54) is 0 Å². The highest BCUT2D eigenvalue weighted by atomic mass is 28.4. The molecule has 0 saturated carbocycles. The number of carbonyl (C=O) groups excluding carboxylic acids is 2. The molecule has 4 heterocycles. The summed E-state index contributed by atoms with van der Waals surface area (Å²) in [5.41, 5.74) is 1.79. The number of anilines is 2. The molecule has 3 aromatic rings. The summed E-state index contributed by atoms with van der Waals surface area (Å²) in [6.07, 6.45) is 1.72. The second-order valence-corrected chi connectivity index (χ2v) is 15.8. The van der Waals surface area contributed by atoms with Gasteiger partial charge in [0, 0.05) is 54.2 Å². The molecule has 12 heteroatoms. The average molecular weight is 593 g/mol. The molecule has 3 aliphatic heterocycles. The van der Waals surface area contributed by atoms with Crippen LogP contribution in [0.4, 0.5) is 15.5 Å². The fraction of sp³-hybridized carbons (Fsp3) is 0.467. The minimum atomic E-state index is -3.31. The summed E-state index contributed by atoms with van der Waals surface area (Å²) in [6, 6.07) is 15.2. The van der Waals surface area contributed by atoms with Crippen molar-refractivity contribution >= 4 is 31.6 Å². The molecule has 2 fully saturated rings. The molecule has 2 aromatic carbocycles. The van der Waals surface area contributed by atoms with Crippen LogP contribution in [0.1, 0.15) is 36.1 Å². The fourth-order valence-corrected chi connectivity index (χ4v) is 9.61. The van der Waals surface area contributed by atoms with Gasteiger partial charge in [0.1, 0.15) is 0 Å². The van der Waals surface area contributed by atoms with Crippen LogP contribution in [0.25, 0.3) is 0 Å². The lowest BCUT2D eigenvalue weighted by atomic mass is 9.82. The Morgan fingerprint density at radius 2 is 2.00 bits per heavy atom. The summed E-state index contributed by atoms with van der Waals surface area (Å²) in [5, 5.41) is 24.7. The number of piperazine rings is 1. The summed E-state index contributed by atoms with van der Waals surface area (Å²) in [5.74, 6) is -1.06. The third kappa shape index (κ3) is 4.85. The fourth-order valence-electron chi connectivity index (χ4n) is 7.07. The standard InChI is InChI=1S/C30H37FN6O4Si/c1-19-28(42(2,3)31)26(11-13-36-17-25(34-35-36)22(18-38)20-7-5-4-6-8-20)41-30(19)23-15-21(9-10-24(23)33-29(30)40)37-14-12-32-16-27(37)39/h4-10,15,17,19,22,26,28,32,38H,11-14,16,18H2,1-3H3,(H,33,40)/t19-,22?,26+,28-,30+/m1/s1. The molecule has 10 nitrogen and oxygen atoms in total. The molecule has 0 bridgehead atoms. The minimum Gasteiger partial charge on any atom is -0.395 e. The molecule has 5 atom stereocenters. The maximum atomic E-state index is 16.0. The van der Waals surface area contributed by atoms with Gasteiger partial charge >= 0.3 is 0 Å². The number of halogens is 1. The number of benzene rings is 2. The Morgan fingerprint density at radius 1 is 1.21 bits per heavy atom. The molecule has 0 radical (unpaired) electrons. The Labute approximate surface area is 245 Å². The third-order valence-electron chi connectivity index (χ3n) is 9.04. The number of rotatable bonds is 8. The van der Waals surface area contributed by atoms with Crippen LogP contribution in [0.2, 0.25) is 18.6 Å². The number of fused-ring (bicyclic) bond motifs is 2. The number of aliphatic hydroxyl groups excluding tert-OH is 1. The van der Waals surface area contributed by atoms with Gasteiger partial charge in [-0.2, -0.15) is 0 Å². The van der Waals surface area contributed by atoms with E-state index in [9.17, 15) is 14.7 Å². The monoisotopic (exact) mass is 592 g/mol. The van der Waals surface area contributed by atoms with E-state index in [0.717, 1.165) is 5.56 Å². The second kappa shape index (κ2) is 11.0. The van der Waals surface area contributed by atoms with Crippen LogP contribution in [0.15, 0.2) is 54.7 Å². The highest BCUT2D eigenvalue weighted by Gasteiger charge is 2.65. The van der Waals surface area contributed by atoms with Crippen molar-refractivity contribution in [3.05, 3.63) is 71.5 Å². The molecular weight excluding hydrogens is 555 g/mol. The number of aliphatic hydroxyl groups is 1. The van der Waals surface area contributed by atoms with Crippen molar-refractivity contribution < 1.29 is 23.5 Å². The van der Waals surface area contributed by atoms with E-state index in [2.05, 4.69) is 20.9 Å². The summed E-state index contributed by atoms with van der Waals surface area (Å²) in [7, 11) is -3.31. The first kappa shape index (κ1) is 28.7. The van der Waals surface area contributed by atoms with Crippen LogP contribution in [0.3, 0.4) is 0 Å². The lowest BCUT2D eigenvalue weighted by molar-refractivity contribution is -0.143. The Morgan fingerprint density at radius 3 is 2.71 bits per heavy atom.